The molecule has 0 unspecified atom stereocenters. The van der Waals surface area contributed by atoms with Crippen LogP contribution in [0.1, 0.15) is 89.9 Å². The molecule has 1 aliphatic heterocycles. The molecule has 0 bridgehead atoms. The first-order valence-electron chi connectivity index (χ1n) is 16.3. The number of carbonyl (C=O) groups excluding carboxylic acids is 3. The lowest BCUT2D eigenvalue weighted by atomic mass is 9.93. The average Bonchev–Trinajstić information content (AvgIpc) is 3.83. The van der Waals surface area contributed by atoms with Gasteiger partial charge in [-0.1, -0.05) is 0 Å². The third-order valence-corrected chi connectivity index (χ3v) is 8.19. The molecule has 1 aromatic carbocycles. The molecule has 1 heterocycles. The molecule has 1 saturated carbocycles. The number of piperidine rings is 1. The van der Waals surface area contributed by atoms with E-state index in [4.69, 9.17) is 23.7 Å². The number of methoxy groups -OCH3 is 3. The zero-order valence-corrected chi connectivity index (χ0v) is 28.6. The first-order chi connectivity index (χ1) is 21.4. The topological polar surface area (TPSA) is 107 Å². The molecule has 2 fully saturated rings. The van der Waals surface area contributed by atoms with Gasteiger partial charge >= 0.3 is 6.09 Å². The molecule has 3 amide bonds. The van der Waals surface area contributed by atoms with Crippen molar-refractivity contribution in [2.75, 3.05) is 54.2 Å². The number of hydrogen-bond donors (Lipinski definition) is 0. The van der Waals surface area contributed by atoms with Crippen LogP contribution in [0.3, 0.4) is 0 Å². The van der Waals surface area contributed by atoms with Gasteiger partial charge in [0.1, 0.15) is 5.60 Å². The van der Waals surface area contributed by atoms with Crippen molar-refractivity contribution in [3.8, 4) is 11.5 Å². The van der Waals surface area contributed by atoms with Crippen molar-refractivity contribution in [3.05, 3.63) is 23.8 Å². The molecule has 0 spiro atoms. The Morgan fingerprint density at radius 2 is 1.62 bits per heavy atom. The van der Waals surface area contributed by atoms with Crippen LogP contribution in [0.2, 0.25) is 0 Å². The number of amides is 3. The summed E-state index contributed by atoms with van der Waals surface area (Å²) in [5, 5.41) is 0. The summed E-state index contributed by atoms with van der Waals surface area (Å²) < 4.78 is 27.5. The van der Waals surface area contributed by atoms with E-state index in [-0.39, 0.29) is 36.0 Å². The van der Waals surface area contributed by atoms with Crippen LogP contribution >= 0.6 is 0 Å². The molecule has 1 saturated heterocycles. The van der Waals surface area contributed by atoms with Crippen molar-refractivity contribution in [2.24, 2.45) is 0 Å². The lowest BCUT2D eigenvalue weighted by molar-refractivity contribution is -0.133. The first-order valence-corrected chi connectivity index (χ1v) is 16.3. The highest BCUT2D eigenvalue weighted by Crippen LogP contribution is 2.33. The highest BCUT2D eigenvalue weighted by molar-refractivity contribution is 5.95. The molecule has 11 nitrogen and oxygen atoms in total. The molecular formula is C34H55N3O8. The third-order valence-electron chi connectivity index (χ3n) is 8.19. The summed E-state index contributed by atoms with van der Waals surface area (Å²) in [6.45, 7) is 11.9. The fourth-order valence-electron chi connectivity index (χ4n) is 5.88. The van der Waals surface area contributed by atoms with Crippen molar-refractivity contribution in [1.29, 1.82) is 0 Å². The van der Waals surface area contributed by atoms with Crippen molar-refractivity contribution in [2.45, 2.75) is 109 Å². The normalized spacial score (nSPS) is 18.5. The van der Waals surface area contributed by atoms with Gasteiger partial charge in [-0.25, -0.2) is 4.79 Å². The highest BCUT2D eigenvalue weighted by atomic mass is 16.6. The fraction of sp³-hybridized carbons (Fsp3) is 0.735. The summed E-state index contributed by atoms with van der Waals surface area (Å²) >= 11 is 0. The Bertz CT molecular complexity index is 1120. The molecule has 0 radical (unpaired) electrons. The average molecular weight is 634 g/mol. The maximum atomic E-state index is 14.1. The van der Waals surface area contributed by atoms with Crippen LogP contribution in [0.15, 0.2) is 18.2 Å². The van der Waals surface area contributed by atoms with Crippen LogP contribution in [0.25, 0.3) is 0 Å². The SMILES string of the molecule is COCCCOc1cc(C(=O)N(C(C)C)[C@@H]2CC[C@@H](CCN(C(=O)CCOC)C3CC3)N(C(=O)OC(C)(C)C)C2)ccc1OC. The monoisotopic (exact) mass is 633 g/mol. The minimum Gasteiger partial charge on any atom is -0.493 e. The van der Waals surface area contributed by atoms with E-state index in [9.17, 15) is 14.4 Å². The third kappa shape index (κ3) is 10.8. The molecule has 1 aromatic rings. The Morgan fingerprint density at radius 3 is 2.22 bits per heavy atom. The lowest BCUT2D eigenvalue weighted by Gasteiger charge is -2.45. The van der Waals surface area contributed by atoms with Crippen molar-refractivity contribution < 1.29 is 38.1 Å². The zero-order valence-electron chi connectivity index (χ0n) is 28.6. The van der Waals surface area contributed by atoms with Crippen LogP contribution < -0.4 is 9.47 Å². The number of likely N-dealkylation sites (tertiary alicyclic amines) is 1. The van der Waals surface area contributed by atoms with Crippen LogP contribution in [0.5, 0.6) is 11.5 Å². The van der Waals surface area contributed by atoms with Crippen LogP contribution in [0, 0.1) is 0 Å². The second-order valence-electron chi connectivity index (χ2n) is 13.2. The molecule has 2 atom stereocenters. The summed E-state index contributed by atoms with van der Waals surface area (Å²) in [5.74, 6) is 1.01. The summed E-state index contributed by atoms with van der Waals surface area (Å²) in [4.78, 5) is 46.2. The molecule has 254 valence electrons. The van der Waals surface area contributed by atoms with Gasteiger partial charge in [-0.15, -0.1) is 0 Å². The number of benzene rings is 1. The number of hydrogen-bond acceptors (Lipinski definition) is 8. The van der Waals surface area contributed by atoms with Crippen LogP contribution in [0.4, 0.5) is 4.79 Å². The van der Waals surface area contributed by atoms with E-state index in [0.717, 1.165) is 19.3 Å². The smallest absolute Gasteiger partial charge is 0.410 e. The number of nitrogens with zero attached hydrogens (tertiary/aromatic N) is 3. The maximum Gasteiger partial charge on any atom is 0.410 e. The summed E-state index contributed by atoms with van der Waals surface area (Å²) in [5.41, 5.74) is -0.173. The highest BCUT2D eigenvalue weighted by Gasteiger charge is 2.40. The van der Waals surface area contributed by atoms with E-state index in [2.05, 4.69) is 0 Å². The quantitative estimate of drug-likeness (QED) is 0.230. The van der Waals surface area contributed by atoms with Gasteiger partial charge in [0.15, 0.2) is 11.5 Å². The van der Waals surface area contributed by atoms with Gasteiger partial charge in [-0.3, -0.25) is 9.59 Å². The summed E-state index contributed by atoms with van der Waals surface area (Å²) in [6.07, 6.45) is 4.77. The standard InChI is InChI=1S/C34H55N3O8/c1-24(2)37(32(39)25-10-15-29(43-8)30(22-25)44-20-9-19-41-6)28-14-13-27(36(23-28)33(40)45-34(3,4)5)16-18-35(26-11-12-26)31(38)17-21-42-7/h10,15,22,24,26-28H,9,11-14,16-21,23H2,1-8H3/t27-,28+/m0/s1. The molecule has 1 aliphatic carbocycles. The summed E-state index contributed by atoms with van der Waals surface area (Å²) in [6, 6.07) is 5.07. The van der Waals surface area contributed by atoms with E-state index >= 15 is 0 Å². The minimum atomic E-state index is -0.666. The minimum absolute atomic E-state index is 0.0926. The van der Waals surface area contributed by atoms with Gasteiger partial charge in [0, 0.05) is 64.0 Å². The van der Waals surface area contributed by atoms with Crippen molar-refractivity contribution >= 4 is 17.9 Å². The number of rotatable bonds is 16. The maximum absolute atomic E-state index is 14.1. The Kier molecular flexibility index (Phi) is 13.8. The van der Waals surface area contributed by atoms with Gasteiger partial charge < -0.3 is 38.4 Å². The molecule has 11 heteroatoms. The Balaban J connectivity index is 1.80. The van der Waals surface area contributed by atoms with Gasteiger partial charge in [0.2, 0.25) is 5.91 Å². The molecule has 0 N–H and O–H groups in total. The van der Waals surface area contributed by atoms with Gasteiger partial charge in [0.05, 0.1) is 32.8 Å². The number of carbonyl (C=O) groups is 3. The van der Waals surface area contributed by atoms with E-state index in [1.54, 1.807) is 44.4 Å². The second kappa shape index (κ2) is 17.0. The molecular weight excluding hydrogens is 578 g/mol. The molecule has 3 rings (SSSR count). The Morgan fingerprint density at radius 1 is 0.933 bits per heavy atom. The fourth-order valence-corrected chi connectivity index (χ4v) is 5.88. The molecule has 0 aromatic heterocycles. The van der Waals surface area contributed by atoms with Gasteiger partial charge in [0.25, 0.3) is 5.91 Å². The van der Waals surface area contributed by atoms with Crippen LogP contribution in [-0.2, 0) is 19.0 Å². The Labute approximate surface area is 269 Å². The van der Waals surface area contributed by atoms with E-state index in [1.165, 1.54) is 0 Å². The van der Waals surface area contributed by atoms with E-state index < -0.39 is 11.7 Å². The predicted molar refractivity (Wildman–Crippen MR) is 172 cm³/mol. The van der Waals surface area contributed by atoms with Crippen molar-refractivity contribution in [1.82, 2.24) is 14.7 Å². The largest absolute Gasteiger partial charge is 0.493 e. The van der Waals surface area contributed by atoms with E-state index in [1.807, 2.05) is 44.4 Å². The number of ether oxygens (including phenoxy) is 5. The van der Waals surface area contributed by atoms with Gasteiger partial charge in [-0.2, -0.15) is 0 Å². The molecule has 45 heavy (non-hydrogen) atoms. The second-order valence-corrected chi connectivity index (χ2v) is 13.2. The van der Waals surface area contributed by atoms with E-state index in [0.29, 0.717) is 75.7 Å². The molecule has 2 aliphatic rings. The van der Waals surface area contributed by atoms with Gasteiger partial charge in [-0.05, 0) is 84.9 Å². The van der Waals surface area contributed by atoms with Crippen LogP contribution in [-0.4, -0.2) is 117 Å². The predicted octanol–water partition coefficient (Wildman–Crippen LogP) is 5.15. The zero-order chi connectivity index (χ0) is 33.1. The lowest BCUT2D eigenvalue weighted by Crippen LogP contribution is -2.58. The summed E-state index contributed by atoms with van der Waals surface area (Å²) in [7, 11) is 4.82. The first kappa shape index (κ1) is 36.4. The van der Waals surface area contributed by atoms with Crippen molar-refractivity contribution in [3.63, 3.8) is 0 Å². The Hall–Kier alpha value is -3.05.